The van der Waals surface area contributed by atoms with E-state index in [1.165, 1.54) is 6.92 Å². The summed E-state index contributed by atoms with van der Waals surface area (Å²) in [4.78, 5) is 11.7. The zero-order valence-corrected chi connectivity index (χ0v) is 11.4. The Morgan fingerprint density at radius 2 is 2.11 bits per heavy atom. The van der Waals surface area contributed by atoms with Crippen LogP contribution in [0.2, 0.25) is 0 Å². The van der Waals surface area contributed by atoms with Gasteiger partial charge in [-0.2, -0.15) is 0 Å². The van der Waals surface area contributed by atoms with Crippen molar-refractivity contribution in [1.82, 2.24) is 5.32 Å². The van der Waals surface area contributed by atoms with E-state index in [4.69, 9.17) is 10.5 Å². The van der Waals surface area contributed by atoms with Crippen LogP contribution in [0.25, 0.3) is 0 Å². The van der Waals surface area contributed by atoms with Gasteiger partial charge < -0.3 is 15.8 Å². The van der Waals surface area contributed by atoms with Crippen molar-refractivity contribution in [3.8, 4) is 0 Å². The summed E-state index contributed by atoms with van der Waals surface area (Å²) in [6, 6.07) is 9.34. The largest absolute Gasteiger partial charge is 0.445 e. The van der Waals surface area contributed by atoms with Crippen molar-refractivity contribution in [2.24, 2.45) is 5.73 Å². The summed E-state index contributed by atoms with van der Waals surface area (Å²) in [5.41, 5.74) is 5.68. The number of carbonyl (C=O) groups is 1. The molecular formula is C14H21FN2O2. The number of halogens is 1. The first kappa shape index (κ1) is 15.4. The fourth-order valence-corrected chi connectivity index (χ4v) is 1.81. The average Bonchev–Trinajstić information content (AvgIpc) is 2.36. The van der Waals surface area contributed by atoms with E-state index in [9.17, 15) is 9.18 Å². The van der Waals surface area contributed by atoms with Crippen LogP contribution in [0.1, 0.15) is 25.8 Å². The fraction of sp³-hybridized carbons (Fsp3) is 0.500. The Morgan fingerprint density at radius 1 is 1.47 bits per heavy atom. The molecule has 0 aliphatic rings. The molecule has 3 N–H and O–H groups in total. The highest BCUT2D eigenvalue weighted by Crippen LogP contribution is 2.13. The molecule has 0 spiro atoms. The lowest BCUT2D eigenvalue weighted by atomic mass is 9.96. The molecule has 0 heterocycles. The zero-order valence-electron chi connectivity index (χ0n) is 11.4. The van der Waals surface area contributed by atoms with E-state index in [-0.39, 0.29) is 19.6 Å². The second-order valence-corrected chi connectivity index (χ2v) is 4.94. The summed E-state index contributed by atoms with van der Waals surface area (Å²) < 4.78 is 18.1. The number of alkyl halides is 1. The van der Waals surface area contributed by atoms with Crippen LogP contribution in [0.5, 0.6) is 0 Å². The number of alkyl carbamates (subject to hydrolysis) is 1. The molecule has 0 aliphatic heterocycles. The molecule has 1 aromatic rings. The second kappa shape index (κ2) is 7.09. The van der Waals surface area contributed by atoms with E-state index in [1.807, 2.05) is 30.3 Å². The summed E-state index contributed by atoms with van der Waals surface area (Å²) >= 11 is 0. The molecule has 0 saturated heterocycles. The Labute approximate surface area is 113 Å². The minimum Gasteiger partial charge on any atom is -0.445 e. The molecular weight excluding hydrogens is 247 g/mol. The number of hydrogen-bond donors (Lipinski definition) is 2. The number of nitrogens with two attached hydrogens (primary N) is 1. The third kappa shape index (κ3) is 5.70. The lowest BCUT2D eigenvalue weighted by molar-refractivity contribution is 0.123. The van der Waals surface area contributed by atoms with Crippen molar-refractivity contribution in [1.29, 1.82) is 0 Å². The van der Waals surface area contributed by atoms with Crippen LogP contribution >= 0.6 is 0 Å². The van der Waals surface area contributed by atoms with Crippen molar-refractivity contribution < 1.29 is 13.9 Å². The minimum absolute atomic E-state index is 0.154. The lowest BCUT2D eigenvalue weighted by Gasteiger charge is -2.29. The van der Waals surface area contributed by atoms with Crippen LogP contribution in [-0.2, 0) is 11.3 Å². The number of carbonyl (C=O) groups excluding carboxylic acids is 1. The molecule has 0 aliphatic carbocycles. The molecule has 1 rings (SSSR count). The monoisotopic (exact) mass is 268 g/mol. The van der Waals surface area contributed by atoms with Crippen LogP contribution in [0.4, 0.5) is 9.18 Å². The van der Waals surface area contributed by atoms with Gasteiger partial charge in [0, 0.05) is 13.0 Å². The van der Waals surface area contributed by atoms with Gasteiger partial charge in [-0.3, -0.25) is 0 Å². The van der Waals surface area contributed by atoms with E-state index in [0.29, 0.717) is 0 Å². The van der Waals surface area contributed by atoms with Crippen molar-refractivity contribution in [2.75, 3.05) is 6.54 Å². The van der Waals surface area contributed by atoms with Crippen molar-refractivity contribution in [3.63, 3.8) is 0 Å². The van der Waals surface area contributed by atoms with Crippen LogP contribution in [0, 0.1) is 0 Å². The summed E-state index contributed by atoms with van der Waals surface area (Å²) in [5, 5.41) is 2.62. The van der Waals surface area contributed by atoms with E-state index < -0.39 is 17.8 Å². The van der Waals surface area contributed by atoms with Gasteiger partial charge in [-0.1, -0.05) is 30.3 Å². The number of nitrogens with one attached hydrogen (secondary N) is 1. The molecule has 0 aromatic heterocycles. The predicted octanol–water partition coefficient (Wildman–Crippen LogP) is 2.38. The highest BCUT2D eigenvalue weighted by Gasteiger charge is 2.27. The maximum absolute atomic E-state index is 13.0. The van der Waals surface area contributed by atoms with E-state index in [0.717, 1.165) is 5.56 Å². The van der Waals surface area contributed by atoms with Gasteiger partial charge in [-0.05, 0) is 19.4 Å². The quantitative estimate of drug-likeness (QED) is 0.832. The maximum atomic E-state index is 13.0. The molecule has 19 heavy (non-hydrogen) atoms. The molecule has 5 heteroatoms. The number of hydrogen-bond acceptors (Lipinski definition) is 3. The Kier molecular flexibility index (Phi) is 5.76. The van der Waals surface area contributed by atoms with Gasteiger partial charge >= 0.3 is 6.09 Å². The summed E-state index contributed by atoms with van der Waals surface area (Å²) in [6.45, 7) is 3.47. The zero-order chi connectivity index (χ0) is 14.3. The maximum Gasteiger partial charge on any atom is 0.407 e. The lowest BCUT2D eigenvalue weighted by Crippen LogP contribution is -2.52. The first-order chi connectivity index (χ1) is 8.95. The molecule has 0 bridgehead atoms. The van der Waals surface area contributed by atoms with E-state index in [2.05, 4.69) is 5.32 Å². The van der Waals surface area contributed by atoms with Gasteiger partial charge in [0.1, 0.15) is 6.61 Å². The number of amides is 1. The third-order valence-electron chi connectivity index (χ3n) is 2.80. The average molecular weight is 268 g/mol. The van der Waals surface area contributed by atoms with Crippen LogP contribution in [-0.4, -0.2) is 24.3 Å². The van der Waals surface area contributed by atoms with Gasteiger partial charge in [0.25, 0.3) is 0 Å². The van der Waals surface area contributed by atoms with Gasteiger partial charge in [0.2, 0.25) is 0 Å². The first-order valence-electron chi connectivity index (χ1n) is 6.28. The fourth-order valence-electron chi connectivity index (χ4n) is 1.81. The predicted molar refractivity (Wildman–Crippen MR) is 72.4 cm³/mol. The van der Waals surface area contributed by atoms with Crippen LogP contribution in [0.15, 0.2) is 30.3 Å². The Bertz CT molecular complexity index is 398. The SMILES string of the molecule is CC(F)CC(C)(CN)NC(=O)OCc1ccccc1. The second-order valence-electron chi connectivity index (χ2n) is 4.94. The normalized spacial score (nSPS) is 15.4. The molecule has 1 aromatic carbocycles. The first-order valence-corrected chi connectivity index (χ1v) is 6.28. The Morgan fingerprint density at radius 3 is 2.63 bits per heavy atom. The number of rotatable bonds is 6. The summed E-state index contributed by atoms with van der Waals surface area (Å²) in [6.07, 6.45) is -1.47. The molecule has 1 amide bonds. The van der Waals surface area contributed by atoms with Gasteiger partial charge in [0.15, 0.2) is 0 Å². The highest BCUT2D eigenvalue weighted by molar-refractivity contribution is 5.68. The number of ether oxygens (including phenoxy) is 1. The number of benzene rings is 1. The molecule has 2 atom stereocenters. The van der Waals surface area contributed by atoms with Gasteiger partial charge in [-0.15, -0.1) is 0 Å². The molecule has 0 radical (unpaired) electrons. The highest BCUT2D eigenvalue weighted by atomic mass is 19.1. The third-order valence-corrected chi connectivity index (χ3v) is 2.80. The van der Waals surface area contributed by atoms with Crippen LogP contribution < -0.4 is 11.1 Å². The molecule has 106 valence electrons. The molecule has 0 fully saturated rings. The van der Waals surface area contributed by atoms with Gasteiger partial charge in [0.05, 0.1) is 11.7 Å². The van der Waals surface area contributed by atoms with Crippen molar-refractivity contribution in [3.05, 3.63) is 35.9 Å². The van der Waals surface area contributed by atoms with E-state index in [1.54, 1.807) is 6.92 Å². The Balaban J connectivity index is 2.45. The molecule has 2 unspecified atom stereocenters. The van der Waals surface area contributed by atoms with Crippen LogP contribution in [0.3, 0.4) is 0 Å². The summed E-state index contributed by atoms with van der Waals surface area (Å²) in [5.74, 6) is 0. The van der Waals surface area contributed by atoms with Gasteiger partial charge in [-0.25, -0.2) is 9.18 Å². The topological polar surface area (TPSA) is 64.3 Å². The standard InChI is InChI=1S/C14H21FN2O2/c1-11(15)8-14(2,10-16)17-13(18)19-9-12-6-4-3-5-7-12/h3-7,11H,8-10,16H2,1-2H3,(H,17,18). The van der Waals surface area contributed by atoms with E-state index >= 15 is 0 Å². The minimum atomic E-state index is -1.04. The molecule has 0 saturated carbocycles. The Hall–Kier alpha value is -1.62. The van der Waals surface area contributed by atoms with Crippen molar-refractivity contribution >= 4 is 6.09 Å². The summed E-state index contributed by atoms with van der Waals surface area (Å²) in [7, 11) is 0. The van der Waals surface area contributed by atoms with Crippen molar-refractivity contribution in [2.45, 2.75) is 38.6 Å². The molecule has 4 nitrogen and oxygen atoms in total. The smallest absolute Gasteiger partial charge is 0.407 e.